The van der Waals surface area contributed by atoms with Gasteiger partial charge in [-0.05, 0) is 34.7 Å². The van der Waals surface area contributed by atoms with Crippen molar-refractivity contribution in [2.24, 2.45) is 0 Å². The molecule has 0 aromatic heterocycles. The molecule has 0 fully saturated rings. The minimum absolute atomic E-state index is 0.00463. The van der Waals surface area contributed by atoms with Gasteiger partial charge in [0.25, 0.3) is 0 Å². The summed E-state index contributed by atoms with van der Waals surface area (Å²) in [7, 11) is 1.60. The molecule has 0 aliphatic heterocycles. The quantitative estimate of drug-likeness (QED) is 0.722. The second-order valence-electron chi connectivity index (χ2n) is 2.10. The fourth-order valence-electron chi connectivity index (χ4n) is 0.415. The number of amides is 1. The Hall–Kier alpha value is -0.580. The van der Waals surface area contributed by atoms with Gasteiger partial charge >= 0.3 is 0 Å². The zero-order chi connectivity index (χ0) is 9.40. The lowest BCUT2D eigenvalue weighted by molar-refractivity contribution is -0.118. The van der Waals surface area contributed by atoms with Gasteiger partial charge in [-0.3, -0.25) is 4.79 Å². The van der Waals surface area contributed by atoms with Crippen LogP contribution in [0.2, 0.25) is 0 Å². The van der Waals surface area contributed by atoms with E-state index in [4.69, 9.17) is 0 Å². The molecule has 1 amide bonds. The molecule has 0 spiro atoms. The van der Waals surface area contributed by atoms with E-state index in [0.29, 0.717) is 0 Å². The minimum atomic E-state index is 0.00463. The van der Waals surface area contributed by atoms with Crippen molar-refractivity contribution in [2.75, 3.05) is 7.05 Å². The summed E-state index contributed by atoms with van der Waals surface area (Å²) in [6.45, 7) is 1.47. The average molecular weight is 277 g/mol. The highest BCUT2D eigenvalue weighted by Crippen LogP contribution is 1.99. The van der Waals surface area contributed by atoms with Gasteiger partial charge in [-0.2, -0.15) is 0 Å². The molecule has 0 aliphatic rings. The molecule has 12 heavy (non-hydrogen) atoms. The summed E-state index contributed by atoms with van der Waals surface area (Å²) < 4.78 is 1.29. The molecule has 1 aromatic rings. The van der Waals surface area contributed by atoms with Gasteiger partial charge in [0.05, 0.1) is 0 Å². The van der Waals surface area contributed by atoms with Crippen molar-refractivity contribution < 1.29 is 4.79 Å². The van der Waals surface area contributed by atoms with Gasteiger partial charge in [-0.1, -0.05) is 18.2 Å². The third kappa shape index (κ3) is 7.53. The summed E-state index contributed by atoms with van der Waals surface area (Å²) in [6, 6.07) is 10.2. The first kappa shape index (κ1) is 11.4. The van der Waals surface area contributed by atoms with Crippen LogP contribution in [-0.2, 0) is 4.79 Å². The summed E-state index contributed by atoms with van der Waals surface area (Å²) in [5.74, 6) is 0.00463. The Bertz CT molecular complexity index is 223. The largest absolute Gasteiger partial charge is 0.359 e. The lowest BCUT2D eigenvalue weighted by Gasteiger charge is -1.80. The van der Waals surface area contributed by atoms with Gasteiger partial charge in [-0.15, -0.1) is 0 Å². The van der Waals surface area contributed by atoms with Crippen LogP contribution in [0.25, 0.3) is 0 Å². The number of hydrogen-bond acceptors (Lipinski definition) is 1. The molecule has 1 rings (SSSR count). The summed E-state index contributed by atoms with van der Waals surface area (Å²) in [5.41, 5.74) is 0. The van der Waals surface area contributed by atoms with Crippen molar-refractivity contribution in [1.82, 2.24) is 5.32 Å². The van der Waals surface area contributed by atoms with Crippen LogP contribution >= 0.6 is 22.6 Å². The van der Waals surface area contributed by atoms with E-state index in [0.717, 1.165) is 0 Å². The standard InChI is InChI=1S/C6H5I.C3H7NO/c7-6-4-2-1-3-5-6;1-3(5)4-2/h1-5H;1-2H3,(H,4,5). The van der Waals surface area contributed by atoms with Gasteiger partial charge in [0.2, 0.25) is 5.91 Å². The first-order chi connectivity index (χ1) is 5.66. The van der Waals surface area contributed by atoms with Gasteiger partial charge in [-0.25, -0.2) is 0 Å². The van der Waals surface area contributed by atoms with E-state index < -0.39 is 0 Å². The van der Waals surface area contributed by atoms with Crippen LogP contribution in [-0.4, -0.2) is 13.0 Å². The molecule has 0 radical (unpaired) electrons. The summed E-state index contributed by atoms with van der Waals surface area (Å²) in [4.78, 5) is 9.70. The van der Waals surface area contributed by atoms with Gasteiger partial charge in [0.15, 0.2) is 0 Å². The van der Waals surface area contributed by atoms with Crippen molar-refractivity contribution in [3.8, 4) is 0 Å². The smallest absolute Gasteiger partial charge is 0.216 e. The lowest BCUT2D eigenvalue weighted by atomic mass is 10.4. The maximum absolute atomic E-state index is 9.70. The highest BCUT2D eigenvalue weighted by Gasteiger charge is 1.74. The Morgan fingerprint density at radius 3 is 1.92 bits per heavy atom. The first-order valence-electron chi connectivity index (χ1n) is 3.55. The van der Waals surface area contributed by atoms with Gasteiger partial charge < -0.3 is 5.32 Å². The molecule has 0 saturated carbocycles. The topological polar surface area (TPSA) is 29.1 Å². The Morgan fingerprint density at radius 1 is 1.33 bits per heavy atom. The van der Waals surface area contributed by atoms with Gasteiger partial charge in [0.1, 0.15) is 0 Å². The van der Waals surface area contributed by atoms with Crippen LogP contribution in [0.1, 0.15) is 6.92 Å². The predicted molar refractivity (Wildman–Crippen MR) is 58.9 cm³/mol. The lowest BCUT2D eigenvalue weighted by Crippen LogP contribution is -2.11. The minimum Gasteiger partial charge on any atom is -0.359 e. The summed E-state index contributed by atoms with van der Waals surface area (Å²) in [6.07, 6.45) is 0. The molecule has 1 aromatic carbocycles. The van der Waals surface area contributed by atoms with Crippen LogP contribution in [0, 0.1) is 3.57 Å². The molecule has 0 atom stereocenters. The van der Waals surface area contributed by atoms with Crippen LogP contribution in [0.3, 0.4) is 0 Å². The third-order valence-electron chi connectivity index (χ3n) is 1.09. The highest BCUT2D eigenvalue weighted by molar-refractivity contribution is 14.1. The fraction of sp³-hybridized carbons (Fsp3) is 0.222. The molecule has 66 valence electrons. The molecular weight excluding hydrogens is 265 g/mol. The number of rotatable bonds is 0. The maximum atomic E-state index is 9.70. The average Bonchev–Trinajstić information content (AvgIpc) is 2.07. The zero-order valence-corrected chi connectivity index (χ0v) is 9.33. The molecule has 3 heteroatoms. The molecule has 1 N–H and O–H groups in total. The van der Waals surface area contributed by atoms with Crippen LogP contribution < -0.4 is 5.32 Å². The summed E-state index contributed by atoms with van der Waals surface area (Å²) >= 11 is 2.28. The number of hydrogen-bond donors (Lipinski definition) is 1. The van der Waals surface area contributed by atoms with Gasteiger partial charge in [0, 0.05) is 17.5 Å². The number of nitrogens with one attached hydrogen (secondary N) is 1. The Morgan fingerprint density at radius 2 is 1.75 bits per heavy atom. The van der Waals surface area contributed by atoms with E-state index >= 15 is 0 Å². The molecule has 0 bridgehead atoms. The normalized spacial score (nSPS) is 7.92. The monoisotopic (exact) mass is 277 g/mol. The Labute approximate surface area is 86.5 Å². The van der Waals surface area contributed by atoms with Crippen molar-refractivity contribution in [3.05, 3.63) is 33.9 Å². The number of carbonyl (C=O) groups excluding carboxylic acids is 1. The van der Waals surface area contributed by atoms with E-state index in [9.17, 15) is 4.79 Å². The molecule has 0 heterocycles. The number of benzene rings is 1. The summed E-state index contributed by atoms with van der Waals surface area (Å²) in [5, 5.41) is 2.39. The van der Waals surface area contributed by atoms with Crippen molar-refractivity contribution in [1.29, 1.82) is 0 Å². The van der Waals surface area contributed by atoms with E-state index in [1.165, 1.54) is 10.5 Å². The van der Waals surface area contributed by atoms with Crippen molar-refractivity contribution >= 4 is 28.5 Å². The zero-order valence-electron chi connectivity index (χ0n) is 7.17. The van der Waals surface area contributed by atoms with Crippen molar-refractivity contribution in [2.45, 2.75) is 6.92 Å². The first-order valence-corrected chi connectivity index (χ1v) is 4.63. The predicted octanol–water partition coefficient (Wildman–Crippen LogP) is 2.04. The van der Waals surface area contributed by atoms with Crippen LogP contribution in [0.15, 0.2) is 30.3 Å². The maximum Gasteiger partial charge on any atom is 0.216 e. The third-order valence-corrected chi connectivity index (χ3v) is 1.80. The van der Waals surface area contributed by atoms with E-state index in [2.05, 4.69) is 40.0 Å². The second kappa shape index (κ2) is 7.09. The van der Waals surface area contributed by atoms with Crippen molar-refractivity contribution in [3.63, 3.8) is 0 Å². The fourth-order valence-corrected chi connectivity index (χ4v) is 0.830. The Balaban J connectivity index is 0.000000217. The molecule has 2 nitrogen and oxygen atoms in total. The second-order valence-corrected chi connectivity index (χ2v) is 3.35. The number of halogens is 1. The van der Waals surface area contributed by atoms with E-state index in [-0.39, 0.29) is 5.91 Å². The molecule has 0 aliphatic carbocycles. The highest BCUT2D eigenvalue weighted by atomic mass is 127. The number of carbonyl (C=O) groups is 1. The van der Waals surface area contributed by atoms with Crippen LogP contribution in [0.5, 0.6) is 0 Å². The SMILES string of the molecule is CNC(C)=O.Ic1ccccc1. The van der Waals surface area contributed by atoms with Crippen LogP contribution in [0.4, 0.5) is 0 Å². The van der Waals surface area contributed by atoms with E-state index in [1.807, 2.05) is 18.2 Å². The Kier molecular flexibility index (Phi) is 6.75. The van der Waals surface area contributed by atoms with E-state index in [1.54, 1.807) is 7.05 Å². The molecular formula is C9H12INO. The molecule has 0 saturated heterocycles. The molecule has 0 unspecified atom stereocenters.